The van der Waals surface area contributed by atoms with Crippen molar-refractivity contribution >= 4 is 7.32 Å². The quantitative estimate of drug-likeness (QED) is 0.240. The van der Waals surface area contributed by atoms with Crippen molar-refractivity contribution in [2.45, 2.75) is 6.92 Å². The molecule has 0 aromatic heterocycles. The largest absolute Gasteiger partial charge is 0.631 e. The van der Waals surface area contributed by atoms with E-state index >= 15 is 0 Å². The van der Waals surface area contributed by atoms with Gasteiger partial charge in [0.05, 0.1) is 19.8 Å². The highest BCUT2D eigenvalue weighted by Gasteiger charge is 2.00. The van der Waals surface area contributed by atoms with Crippen molar-refractivity contribution in [3.63, 3.8) is 0 Å². The molecule has 106 valence electrons. The molecule has 0 amide bonds. The Kier molecular flexibility index (Phi) is 27.2. The fourth-order valence-corrected chi connectivity index (χ4v) is 0.760. The summed E-state index contributed by atoms with van der Waals surface area (Å²) in [5.41, 5.74) is 0. The molecule has 0 fully saturated rings. The van der Waals surface area contributed by atoms with Gasteiger partial charge in [0.25, 0.3) is 0 Å². The molecule has 0 aliphatic rings. The minimum atomic E-state index is -2.17. The van der Waals surface area contributed by atoms with E-state index in [4.69, 9.17) is 35.5 Å². The number of hydrogen-bond acceptors (Lipinski definition) is 8. The highest BCUT2D eigenvalue weighted by atomic mass is 16.5. The smallest absolute Gasteiger partial charge is 0.402 e. The van der Waals surface area contributed by atoms with Crippen molar-refractivity contribution in [2.75, 3.05) is 46.1 Å². The summed E-state index contributed by atoms with van der Waals surface area (Å²) in [5, 5.41) is 54.5. The Bertz CT molecular complexity index is 103. The molecule has 0 saturated carbocycles. The molecule has 0 atom stereocenters. The van der Waals surface area contributed by atoms with Crippen molar-refractivity contribution < 1.29 is 35.5 Å². The Morgan fingerprint density at radius 1 is 0.765 bits per heavy atom. The SMILES string of the molecule is CCO.OB(O)O.OCCN(CCO)CCO. The van der Waals surface area contributed by atoms with Gasteiger partial charge in [-0.2, -0.15) is 0 Å². The second-order valence-electron chi connectivity index (χ2n) is 2.68. The lowest BCUT2D eigenvalue weighted by atomic mass is 10.3. The van der Waals surface area contributed by atoms with Crippen LogP contribution in [0.2, 0.25) is 0 Å². The molecule has 17 heavy (non-hydrogen) atoms. The molecule has 7 N–H and O–H groups in total. The van der Waals surface area contributed by atoms with E-state index < -0.39 is 7.32 Å². The van der Waals surface area contributed by atoms with Crippen LogP contribution in [0.1, 0.15) is 6.92 Å². The molecular formula is C8H24BNO7. The normalized spacial score (nSPS) is 9.00. The molecule has 0 aromatic rings. The zero-order valence-electron chi connectivity index (χ0n) is 10.1. The van der Waals surface area contributed by atoms with Crippen LogP contribution in [0.5, 0.6) is 0 Å². The average Bonchev–Trinajstić information content (AvgIpc) is 2.19. The van der Waals surface area contributed by atoms with E-state index in [0.717, 1.165) is 0 Å². The highest BCUT2D eigenvalue weighted by molar-refractivity contribution is 6.30. The van der Waals surface area contributed by atoms with Gasteiger partial charge >= 0.3 is 7.32 Å². The summed E-state index contributed by atoms with van der Waals surface area (Å²) in [7, 11) is -2.17. The van der Waals surface area contributed by atoms with E-state index in [-0.39, 0.29) is 26.4 Å². The monoisotopic (exact) mass is 257 g/mol. The molecule has 0 bridgehead atoms. The molecule has 0 unspecified atom stereocenters. The van der Waals surface area contributed by atoms with E-state index in [2.05, 4.69) is 0 Å². The van der Waals surface area contributed by atoms with Crippen LogP contribution in [-0.2, 0) is 0 Å². The number of hydrogen-bond donors (Lipinski definition) is 7. The van der Waals surface area contributed by atoms with Crippen molar-refractivity contribution in [1.29, 1.82) is 0 Å². The Labute approximate surface area is 102 Å². The minimum absolute atomic E-state index is 0.0694. The van der Waals surface area contributed by atoms with Crippen molar-refractivity contribution in [3.05, 3.63) is 0 Å². The zero-order valence-corrected chi connectivity index (χ0v) is 10.1. The number of nitrogens with zero attached hydrogens (tertiary/aromatic N) is 1. The van der Waals surface area contributed by atoms with E-state index in [1.807, 2.05) is 0 Å². The number of rotatable bonds is 6. The van der Waals surface area contributed by atoms with E-state index in [0.29, 0.717) is 19.6 Å². The maximum Gasteiger partial charge on any atom is 0.631 e. The minimum Gasteiger partial charge on any atom is -0.402 e. The van der Waals surface area contributed by atoms with Crippen LogP contribution in [0.15, 0.2) is 0 Å². The molecule has 0 aliphatic heterocycles. The van der Waals surface area contributed by atoms with Crippen molar-refractivity contribution in [3.8, 4) is 0 Å². The van der Waals surface area contributed by atoms with Crippen LogP contribution in [0.4, 0.5) is 0 Å². The predicted molar refractivity (Wildman–Crippen MR) is 62.9 cm³/mol. The molecule has 0 rings (SSSR count). The van der Waals surface area contributed by atoms with Gasteiger partial charge in [0.2, 0.25) is 0 Å². The molecule has 0 aromatic carbocycles. The zero-order chi connectivity index (χ0) is 14.1. The summed E-state index contributed by atoms with van der Waals surface area (Å²) in [4.78, 5) is 1.79. The Morgan fingerprint density at radius 2 is 0.941 bits per heavy atom. The molecule has 0 radical (unpaired) electrons. The lowest BCUT2D eigenvalue weighted by Gasteiger charge is -2.17. The second kappa shape index (κ2) is 21.1. The molecule has 0 heterocycles. The standard InChI is InChI=1S/C6H15NO3.C2H6O.BH3O3/c8-4-1-7(2-5-9)3-6-10;1-2-3;2-1(3)4/h8-10H,1-6H2;3H,2H2,1H3;2-4H. The fourth-order valence-electron chi connectivity index (χ4n) is 0.760. The van der Waals surface area contributed by atoms with Crippen LogP contribution >= 0.6 is 0 Å². The fraction of sp³-hybridized carbons (Fsp3) is 1.00. The predicted octanol–water partition coefficient (Wildman–Crippen LogP) is -3.79. The first-order chi connectivity index (χ1) is 7.99. The summed E-state index contributed by atoms with van der Waals surface area (Å²) in [6.07, 6.45) is 0. The lowest BCUT2D eigenvalue weighted by molar-refractivity contribution is 0.136. The van der Waals surface area contributed by atoms with Gasteiger partial charge in [0, 0.05) is 26.2 Å². The van der Waals surface area contributed by atoms with Crippen LogP contribution in [0.25, 0.3) is 0 Å². The van der Waals surface area contributed by atoms with Gasteiger partial charge in [0.15, 0.2) is 0 Å². The maximum atomic E-state index is 8.48. The summed E-state index contributed by atoms with van der Waals surface area (Å²) >= 11 is 0. The summed E-state index contributed by atoms with van der Waals surface area (Å²) in [6.45, 7) is 3.68. The number of aliphatic hydroxyl groups excluding tert-OH is 4. The summed E-state index contributed by atoms with van der Waals surface area (Å²) in [5.74, 6) is 0. The maximum absolute atomic E-state index is 8.48. The molecule has 0 spiro atoms. The van der Waals surface area contributed by atoms with Gasteiger partial charge in [0.1, 0.15) is 0 Å². The third-order valence-corrected chi connectivity index (χ3v) is 1.25. The van der Waals surface area contributed by atoms with E-state index in [1.54, 1.807) is 11.8 Å². The van der Waals surface area contributed by atoms with E-state index in [1.165, 1.54) is 0 Å². The second-order valence-corrected chi connectivity index (χ2v) is 2.68. The molecule has 9 heteroatoms. The van der Waals surface area contributed by atoms with Crippen molar-refractivity contribution in [1.82, 2.24) is 4.90 Å². The third kappa shape index (κ3) is 38.9. The average molecular weight is 257 g/mol. The Hall–Kier alpha value is -0.255. The summed E-state index contributed by atoms with van der Waals surface area (Å²) in [6, 6.07) is 0. The van der Waals surface area contributed by atoms with Gasteiger partial charge < -0.3 is 35.5 Å². The van der Waals surface area contributed by atoms with Gasteiger partial charge in [-0.1, -0.05) is 0 Å². The first-order valence-corrected chi connectivity index (χ1v) is 5.20. The Morgan fingerprint density at radius 3 is 1.06 bits per heavy atom. The van der Waals surface area contributed by atoms with Crippen LogP contribution in [0, 0.1) is 0 Å². The van der Waals surface area contributed by atoms with Crippen LogP contribution < -0.4 is 0 Å². The first-order valence-electron chi connectivity index (χ1n) is 5.20. The van der Waals surface area contributed by atoms with Gasteiger partial charge in [-0.15, -0.1) is 0 Å². The first kappa shape index (κ1) is 22.0. The van der Waals surface area contributed by atoms with E-state index in [9.17, 15) is 0 Å². The molecule has 0 aliphatic carbocycles. The van der Waals surface area contributed by atoms with Crippen LogP contribution in [-0.4, -0.2) is 93.8 Å². The third-order valence-electron chi connectivity index (χ3n) is 1.25. The van der Waals surface area contributed by atoms with Crippen LogP contribution in [0.3, 0.4) is 0 Å². The molecule has 8 nitrogen and oxygen atoms in total. The van der Waals surface area contributed by atoms with Crippen molar-refractivity contribution in [2.24, 2.45) is 0 Å². The molecular weight excluding hydrogens is 233 g/mol. The van der Waals surface area contributed by atoms with Gasteiger partial charge in [-0.3, -0.25) is 4.90 Å². The topological polar surface area (TPSA) is 145 Å². The summed E-state index contributed by atoms with van der Waals surface area (Å²) < 4.78 is 0. The van der Waals surface area contributed by atoms with Gasteiger partial charge in [-0.05, 0) is 6.92 Å². The van der Waals surface area contributed by atoms with Gasteiger partial charge in [-0.25, -0.2) is 0 Å². The number of aliphatic hydroxyl groups is 4. The highest BCUT2D eigenvalue weighted by Crippen LogP contribution is 1.84. The molecule has 0 saturated heterocycles. The lowest BCUT2D eigenvalue weighted by Crippen LogP contribution is -2.32. The Balaban J connectivity index is -0.000000232.